The van der Waals surface area contributed by atoms with Crippen LogP contribution < -0.4 is 0 Å². The van der Waals surface area contributed by atoms with Crippen LogP contribution in [0, 0.1) is 21.7 Å². The molecule has 0 unspecified atom stereocenters. The second kappa shape index (κ2) is 8.39. The fraction of sp³-hybridized carbons (Fsp3) is 0.625. The van der Waals surface area contributed by atoms with E-state index in [1.165, 1.54) is 31.2 Å². The average molecular weight is 631 g/mol. The Morgan fingerprint density at radius 2 is 0.892 bits per heavy atom. The SMILES string of the molecule is CC1(C)C(OC2C(C)(C)C(N3Cc4ccc(Br)cc4C3)C2(C)C)C(C)(C)C1N1Cc2ccc(Br)cc2C1. The number of hydrogen-bond donors (Lipinski definition) is 0. The van der Waals surface area contributed by atoms with Crippen molar-refractivity contribution in [1.82, 2.24) is 9.80 Å². The van der Waals surface area contributed by atoms with Crippen LogP contribution in [0.2, 0.25) is 0 Å². The van der Waals surface area contributed by atoms with E-state index >= 15 is 0 Å². The number of ether oxygens (including phenoxy) is 1. The summed E-state index contributed by atoms with van der Waals surface area (Å²) in [6.07, 6.45) is 0.466. The van der Waals surface area contributed by atoms with Crippen molar-refractivity contribution >= 4 is 31.9 Å². The van der Waals surface area contributed by atoms with Crippen molar-refractivity contribution in [3.8, 4) is 0 Å². The van der Waals surface area contributed by atoms with Crippen LogP contribution in [0.1, 0.15) is 77.6 Å². The van der Waals surface area contributed by atoms with Crippen molar-refractivity contribution in [1.29, 1.82) is 0 Å². The van der Waals surface area contributed by atoms with Crippen LogP contribution in [0.5, 0.6) is 0 Å². The average Bonchev–Trinajstić information content (AvgIpc) is 3.34. The second-order valence-corrected chi connectivity index (χ2v) is 16.5. The summed E-state index contributed by atoms with van der Waals surface area (Å²) >= 11 is 7.33. The van der Waals surface area contributed by atoms with Crippen LogP contribution in [-0.4, -0.2) is 34.1 Å². The molecular formula is C32H42Br2N2O. The maximum absolute atomic E-state index is 7.29. The molecular weight excluding hydrogens is 588 g/mol. The quantitative estimate of drug-likeness (QED) is 0.339. The Morgan fingerprint density at radius 3 is 1.24 bits per heavy atom. The molecule has 2 aromatic carbocycles. The van der Waals surface area contributed by atoms with Gasteiger partial charge in [-0.05, 0) is 46.5 Å². The fourth-order valence-corrected chi connectivity index (χ4v) is 10.9. The highest BCUT2D eigenvalue weighted by Gasteiger charge is 2.70. The molecule has 2 fully saturated rings. The maximum atomic E-state index is 7.29. The van der Waals surface area contributed by atoms with Crippen LogP contribution in [0.3, 0.4) is 0 Å². The molecule has 6 rings (SSSR count). The Bertz CT molecular complexity index is 1120. The highest BCUT2D eigenvalue weighted by atomic mass is 79.9. The molecule has 37 heavy (non-hydrogen) atoms. The fourth-order valence-electron chi connectivity index (χ4n) is 10.1. The van der Waals surface area contributed by atoms with E-state index in [1.807, 2.05) is 0 Å². The van der Waals surface area contributed by atoms with E-state index in [-0.39, 0.29) is 33.9 Å². The highest BCUT2D eigenvalue weighted by molar-refractivity contribution is 9.10. The standard InChI is InChI=1S/C32H42Br2N2O/c1-29(2)25(35-15-19-9-11-23(33)13-21(19)17-35)30(3,4)27(29)37-28-31(5,6)26(32(28,7)8)36-16-20-10-12-24(34)14-22(20)18-36/h9-14,25-28H,15-18H2,1-8H3. The third-order valence-corrected chi connectivity index (χ3v) is 11.3. The lowest BCUT2D eigenvalue weighted by molar-refractivity contribution is -0.331. The van der Waals surface area contributed by atoms with Crippen LogP contribution >= 0.6 is 31.9 Å². The Labute approximate surface area is 240 Å². The smallest absolute Gasteiger partial charge is 0.0711 e. The lowest BCUT2D eigenvalue weighted by Crippen LogP contribution is -2.78. The molecule has 3 nitrogen and oxygen atoms in total. The predicted molar refractivity (Wildman–Crippen MR) is 158 cm³/mol. The van der Waals surface area contributed by atoms with Gasteiger partial charge in [-0.2, -0.15) is 0 Å². The summed E-state index contributed by atoms with van der Waals surface area (Å²) in [5.41, 5.74) is 6.25. The molecule has 0 radical (unpaired) electrons. The molecule has 2 aromatic rings. The van der Waals surface area contributed by atoms with Crippen molar-refractivity contribution in [2.75, 3.05) is 0 Å². The first kappa shape index (κ1) is 26.5. The maximum Gasteiger partial charge on any atom is 0.0711 e. The molecule has 0 spiro atoms. The van der Waals surface area contributed by atoms with E-state index in [1.54, 1.807) is 0 Å². The van der Waals surface area contributed by atoms with Gasteiger partial charge in [0.25, 0.3) is 0 Å². The molecule has 2 saturated carbocycles. The minimum Gasteiger partial charge on any atom is -0.373 e. The molecule has 0 atom stereocenters. The van der Waals surface area contributed by atoms with E-state index in [2.05, 4.69) is 133 Å². The molecule has 4 aliphatic rings. The molecule has 2 aliphatic heterocycles. The van der Waals surface area contributed by atoms with Crippen molar-refractivity contribution in [3.63, 3.8) is 0 Å². The lowest BCUT2D eigenvalue weighted by Gasteiger charge is -2.72. The van der Waals surface area contributed by atoms with Crippen LogP contribution in [0.25, 0.3) is 0 Å². The van der Waals surface area contributed by atoms with Gasteiger partial charge in [0.05, 0.1) is 12.2 Å². The molecule has 0 amide bonds. The molecule has 2 aliphatic carbocycles. The minimum absolute atomic E-state index is 0.0934. The van der Waals surface area contributed by atoms with Gasteiger partial charge in [-0.25, -0.2) is 0 Å². The molecule has 0 saturated heterocycles. The molecule has 0 bridgehead atoms. The molecule has 5 heteroatoms. The molecule has 200 valence electrons. The minimum atomic E-state index is 0.0934. The van der Waals surface area contributed by atoms with E-state index in [4.69, 9.17) is 4.74 Å². The summed E-state index contributed by atoms with van der Waals surface area (Å²) in [7, 11) is 0. The second-order valence-electron chi connectivity index (χ2n) is 14.6. The van der Waals surface area contributed by atoms with Crippen molar-refractivity contribution in [3.05, 3.63) is 67.6 Å². The van der Waals surface area contributed by atoms with Crippen molar-refractivity contribution in [2.45, 2.75) is 106 Å². The zero-order valence-electron chi connectivity index (χ0n) is 23.7. The summed E-state index contributed by atoms with van der Waals surface area (Å²) in [4.78, 5) is 5.41. The van der Waals surface area contributed by atoms with Crippen molar-refractivity contribution in [2.24, 2.45) is 21.7 Å². The Kier molecular flexibility index (Phi) is 6.01. The number of hydrogen-bond acceptors (Lipinski definition) is 3. The number of halogens is 2. The lowest BCUT2D eigenvalue weighted by atomic mass is 9.46. The first-order valence-corrected chi connectivity index (χ1v) is 15.4. The normalized spacial score (nSPS) is 32.9. The van der Waals surface area contributed by atoms with E-state index in [0.717, 1.165) is 26.2 Å². The Morgan fingerprint density at radius 1 is 0.568 bits per heavy atom. The third kappa shape index (κ3) is 3.81. The summed E-state index contributed by atoms with van der Waals surface area (Å²) < 4.78 is 9.65. The molecule has 0 aromatic heterocycles. The summed E-state index contributed by atoms with van der Waals surface area (Å²) in [6, 6.07) is 14.5. The topological polar surface area (TPSA) is 15.7 Å². The van der Waals surface area contributed by atoms with E-state index in [0.29, 0.717) is 12.1 Å². The summed E-state index contributed by atoms with van der Waals surface area (Å²) in [6.45, 7) is 23.7. The first-order chi connectivity index (χ1) is 17.1. The monoisotopic (exact) mass is 628 g/mol. The molecule has 2 heterocycles. The van der Waals surface area contributed by atoms with E-state index in [9.17, 15) is 0 Å². The van der Waals surface area contributed by atoms with Crippen LogP contribution in [-0.2, 0) is 30.9 Å². The largest absolute Gasteiger partial charge is 0.373 e. The van der Waals surface area contributed by atoms with Gasteiger partial charge in [0.1, 0.15) is 0 Å². The highest BCUT2D eigenvalue weighted by Crippen LogP contribution is 2.65. The summed E-state index contributed by atoms with van der Waals surface area (Å²) in [5.74, 6) is 0. The third-order valence-electron chi connectivity index (χ3n) is 10.4. The van der Waals surface area contributed by atoms with E-state index < -0.39 is 0 Å². The van der Waals surface area contributed by atoms with Crippen LogP contribution in [0.15, 0.2) is 45.3 Å². The number of benzene rings is 2. The van der Waals surface area contributed by atoms with Gasteiger partial charge in [0.15, 0.2) is 0 Å². The zero-order valence-corrected chi connectivity index (χ0v) is 26.8. The van der Waals surface area contributed by atoms with Crippen LogP contribution in [0.4, 0.5) is 0 Å². The number of fused-ring (bicyclic) bond motifs is 2. The van der Waals surface area contributed by atoms with Gasteiger partial charge in [0.2, 0.25) is 0 Å². The van der Waals surface area contributed by atoms with Gasteiger partial charge in [-0.1, -0.05) is 99.4 Å². The predicted octanol–water partition coefficient (Wildman–Crippen LogP) is 8.17. The van der Waals surface area contributed by atoms with Gasteiger partial charge in [-0.3, -0.25) is 9.80 Å². The number of rotatable bonds is 4. The van der Waals surface area contributed by atoms with Gasteiger partial charge in [0, 0.05) is 68.9 Å². The summed E-state index contributed by atoms with van der Waals surface area (Å²) in [5, 5.41) is 0. The van der Waals surface area contributed by atoms with Crippen molar-refractivity contribution < 1.29 is 4.74 Å². The Hall–Kier alpha value is -0.720. The zero-order chi connectivity index (χ0) is 26.7. The van der Waals surface area contributed by atoms with Gasteiger partial charge < -0.3 is 4.74 Å². The van der Waals surface area contributed by atoms with Gasteiger partial charge >= 0.3 is 0 Å². The molecule has 0 N–H and O–H groups in total. The van der Waals surface area contributed by atoms with Gasteiger partial charge in [-0.15, -0.1) is 0 Å². The Balaban J connectivity index is 1.19. The number of nitrogens with zero attached hydrogens (tertiary/aromatic N) is 2. The first-order valence-electron chi connectivity index (χ1n) is 13.8.